The third-order valence-corrected chi connectivity index (χ3v) is 5.97. The summed E-state index contributed by atoms with van der Waals surface area (Å²) in [4.78, 5) is 40.9. The molecule has 0 radical (unpaired) electrons. The highest BCUT2D eigenvalue weighted by Crippen LogP contribution is 2.40. The molecule has 1 aliphatic rings. The maximum absolute atomic E-state index is 13.3. The van der Waals surface area contributed by atoms with Gasteiger partial charge in [-0.3, -0.25) is 24.2 Å². The fourth-order valence-electron chi connectivity index (χ4n) is 4.11. The lowest BCUT2D eigenvalue weighted by Crippen LogP contribution is -2.30. The maximum atomic E-state index is 13.3. The Morgan fingerprint density at radius 1 is 1.03 bits per heavy atom. The van der Waals surface area contributed by atoms with Crippen LogP contribution in [0.15, 0.2) is 73.3 Å². The number of carbonyl (C=O) groups is 2. The van der Waals surface area contributed by atoms with E-state index in [-0.39, 0.29) is 23.8 Å². The van der Waals surface area contributed by atoms with Crippen LogP contribution in [0.3, 0.4) is 0 Å². The zero-order valence-electron chi connectivity index (χ0n) is 19.5. The average Bonchev–Trinajstić information content (AvgIpc) is 3.53. The maximum Gasteiger partial charge on any atom is 0.276 e. The molecule has 35 heavy (non-hydrogen) atoms. The van der Waals surface area contributed by atoms with Gasteiger partial charge in [0, 0.05) is 36.2 Å². The summed E-state index contributed by atoms with van der Waals surface area (Å²) in [7, 11) is 0. The number of amides is 2. The number of aromatic nitrogens is 5. The molecule has 4 aromatic rings. The van der Waals surface area contributed by atoms with Crippen molar-refractivity contribution in [2.24, 2.45) is 0 Å². The molecule has 0 saturated heterocycles. The summed E-state index contributed by atoms with van der Waals surface area (Å²) in [6.07, 6.45) is 4.99. The van der Waals surface area contributed by atoms with Crippen molar-refractivity contribution in [1.82, 2.24) is 30.0 Å². The highest BCUT2D eigenvalue weighted by molar-refractivity contribution is 6.07. The number of rotatable bonds is 6. The van der Waals surface area contributed by atoms with Gasteiger partial charge in [-0.25, -0.2) is 4.98 Å². The van der Waals surface area contributed by atoms with Gasteiger partial charge >= 0.3 is 0 Å². The number of benzene rings is 1. The van der Waals surface area contributed by atoms with Gasteiger partial charge in [-0.1, -0.05) is 12.1 Å². The molecule has 0 fully saturated rings. The minimum atomic E-state index is -0.263. The van der Waals surface area contributed by atoms with Crippen LogP contribution in [-0.2, 0) is 6.54 Å². The van der Waals surface area contributed by atoms with Crippen molar-refractivity contribution in [3.05, 3.63) is 102 Å². The average molecular weight is 468 g/mol. The quantitative estimate of drug-likeness (QED) is 0.466. The Labute approximate surface area is 202 Å². The molecule has 1 aromatic carbocycles. The predicted octanol–water partition coefficient (Wildman–Crippen LogP) is 3.37. The van der Waals surface area contributed by atoms with Crippen molar-refractivity contribution in [3.63, 3.8) is 0 Å². The smallest absolute Gasteiger partial charge is 0.276 e. The highest BCUT2D eigenvalue weighted by atomic mass is 16.2. The van der Waals surface area contributed by atoms with Crippen LogP contribution in [0, 0.1) is 0 Å². The Hall–Kier alpha value is -4.40. The Morgan fingerprint density at radius 3 is 2.51 bits per heavy atom. The summed E-state index contributed by atoms with van der Waals surface area (Å²) in [5.41, 5.74) is 3.20. The van der Waals surface area contributed by atoms with Crippen molar-refractivity contribution in [1.29, 1.82) is 0 Å². The predicted molar refractivity (Wildman–Crippen MR) is 130 cm³/mol. The van der Waals surface area contributed by atoms with Crippen molar-refractivity contribution in [2.75, 3.05) is 11.4 Å². The number of hydrogen-bond acceptors (Lipinski definition) is 6. The van der Waals surface area contributed by atoms with Crippen LogP contribution in [0.25, 0.3) is 0 Å². The summed E-state index contributed by atoms with van der Waals surface area (Å²) in [5.74, 6) is -0.0686. The number of anilines is 1. The fraction of sp³-hybridized carbons (Fsp3) is 0.231. The minimum Gasteiger partial charge on any atom is -0.346 e. The summed E-state index contributed by atoms with van der Waals surface area (Å²) < 4.78 is 1.79. The van der Waals surface area contributed by atoms with E-state index in [9.17, 15) is 9.59 Å². The third-order valence-electron chi connectivity index (χ3n) is 5.97. The molecule has 1 atom stereocenters. The second-order valence-electron chi connectivity index (χ2n) is 8.64. The summed E-state index contributed by atoms with van der Waals surface area (Å²) in [6.45, 7) is 4.75. The van der Waals surface area contributed by atoms with Crippen LogP contribution >= 0.6 is 0 Å². The van der Waals surface area contributed by atoms with Gasteiger partial charge in [0.2, 0.25) is 0 Å². The van der Waals surface area contributed by atoms with Gasteiger partial charge in [0.25, 0.3) is 11.8 Å². The zero-order chi connectivity index (χ0) is 24.4. The Balaban J connectivity index is 1.47. The first kappa shape index (κ1) is 22.4. The molecule has 5 rings (SSSR count). The second-order valence-corrected chi connectivity index (χ2v) is 8.64. The molecule has 176 valence electrons. The van der Waals surface area contributed by atoms with Gasteiger partial charge in [0.15, 0.2) is 5.82 Å². The second kappa shape index (κ2) is 9.46. The summed E-state index contributed by atoms with van der Waals surface area (Å²) >= 11 is 0. The summed E-state index contributed by atoms with van der Waals surface area (Å²) in [6, 6.07) is 16.4. The minimum absolute atomic E-state index is 0.159. The summed E-state index contributed by atoms with van der Waals surface area (Å²) in [5, 5.41) is 7.56. The van der Waals surface area contributed by atoms with Gasteiger partial charge in [-0.2, -0.15) is 5.10 Å². The van der Waals surface area contributed by atoms with Gasteiger partial charge < -0.3 is 10.2 Å². The molecule has 0 spiro atoms. The molecule has 1 aliphatic heterocycles. The lowest BCUT2D eigenvalue weighted by Gasteiger charge is -2.17. The SMILES string of the molecule is CC(C)n1cnc(C2CN(C(=O)c3ccccn3)c3ccc(C(=O)NCc4ccccn4)cc32)n1. The van der Waals surface area contributed by atoms with Crippen molar-refractivity contribution in [2.45, 2.75) is 32.4 Å². The lowest BCUT2D eigenvalue weighted by atomic mass is 9.98. The van der Waals surface area contributed by atoms with E-state index in [1.807, 2.05) is 44.2 Å². The topological polar surface area (TPSA) is 106 Å². The first-order valence-corrected chi connectivity index (χ1v) is 11.5. The molecule has 0 saturated carbocycles. The zero-order valence-corrected chi connectivity index (χ0v) is 19.5. The molecular formula is C26H25N7O2. The van der Waals surface area contributed by atoms with Gasteiger partial charge in [-0.05, 0) is 61.9 Å². The Morgan fingerprint density at radius 2 is 1.83 bits per heavy atom. The van der Waals surface area contributed by atoms with E-state index >= 15 is 0 Å². The van der Waals surface area contributed by atoms with E-state index in [0.717, 1.165) is 16.9 Å². The largest absolute Gasteiger partial charge is 0.346 e. The molecule has 2 amide bonds. The van der Waals surface area contributed by atoms with Crippen LogP contribution in [0.1, 0.15) is 63.7 Å². The van der Waals surface area contributed by atoms with Gasteiger partial charge in [0.05, 0.1) is 18.2 Å². The molecular weight excluding hydrogens is 442 g/mol. The van der Waals surface area contributed by atoms with Crippen molar-refractivity contribution < 1.29 is 9.59 Å². The fourth-order valence-corrected chi connectivity index (χ4v) is 4.11. The number of pyridine rings is 2. The van der Waals surface area contributed by atoms with E-state index < -0.39 is 0 Å². The van der Waals surface area contributed by atoms with Crippen LogP contribution in [0.5, 0.6) is 0 Å². The molecule has 1 N–H and O–H groups in total. The van der Waals surface area contributed by atoms with E-state index in [1.54, 1.807) is 52.6 Å². The number of hydrogen-bond donors (Lipinski definition) is 1. The van der Waals surface area contributed by atoms with Crippen LogP contribution in [-0.4, -0.2) is 43.1 Å². The number of nitrogens with zero attached hydrogens (tertiary/aromatic N) is 6. The number of carbonyl (C=O) groups excluding carboxylic acids is 2. The number of fused-ring (bicyclic) bond motifs is 1. The van der Waals surface area contributed by atoms with Crippen molar-refractivity contribution >= 4 is 17.5 Å². The highest BCUT2D eigenvalue weighted by Gasteiger charge is 2.37. The molecule has 0 bridgehead atoms. The van der Waals surface area contributed by atoms with Crippen LogP contribution < -0.4 is 10.2 Å². The van der Waals surface area contributed by atoms with E-state index in [4.69, 9.17) is 0 Å². The van der Waals surface area contributed by atoms with Gasteiger partial charge in [0.1, 0.15) is 12.0 Å². The number of nitrogens with one attached hydrogen (secondary N) is 1. The van der Waals surface area contributed by atoms with Gasteiger partial charge in [-0.15, -0.1) is 0 Å². The van der Waals surface area contributed by atoms with Crippen molar-refractivity contribution in [3.8, 4) is 0 Å². The molecule has 9 nitrogen and oxygen atoms in total. The normalized spacial score (nSPS) is 14.7. The monoisotopic (exact) mass is 467 g/mol. The molecule has 3 aromatic heterocycles. The lowest BCUT2D eigenvalue weighted by molar-refractivity contribution is 0.0949. The van der Waals surface area contributed by atoms with Crippen LogP contribution in [0.4, 0.5) is 5.69 Å². The third kappa shape index (κ3) is 4.52. The molecule has 1 unspecified atom stereocenters. The molecule has 9 heteroatoms. The van der Waals surface area contributed by atoms with E-state index in [1.165, 1.54) is 0 Å². The first-order valence-electron chi connectivity index (χ1n) is 11.5. The van der Waals surface area contributed by atoms with E-state index in [0.29, 0.717) is 30.2 Å². The Kier molecular flexibility index (Phi) is 6.05. The standard InChI is InChI=1S/C26H25N7O2/c1-17(2)33-16-30-24(31-33)21-15-32(26(35)22-8-4-6-12-28-22)23-10-9-18(13-20(21)23)25(34)29-14-19-7-3-5-11-27-19/h3-13,16-17,21H,14-15H2,1-2H3,(H,29,34). The first-order chi connectivity index (χ1) is 17.0. The molecule has 4 heterocycles. The van der Waals surface area contributed by atoms with E-state index in [2.05, 4.69) is 25.4 Å². The Bertz CT molecular complexity index is 1350. The van der Waals surface area contributed by atoms with Crippen LogP contribution in [0.2, 0.25) is 0 Å². The molecule has 0 aliphatic carbocycles.